The monoisotopic (exact) mass is 174 g/mol. The van der Waals surface area contributed by atoms with Gasteiger partial charge in [-0.05, 0) is 25.1 Å². The number of hydrogen-bond acceptors (Lipinski definition) is 1. The molecule has 2 nitrogen and oxygen atoms in total. The molecule has 0 fully saturated rings. The van der Waals surface area contributed by atoms with Gasteiger partial charge in [0.15, 0.2) is 0 Å². The summed E-state index contributed by atoms with van der Waals surface area (Å²) in [5.74, 6) is 0. The number of aromatic nitrogens is 1. The van der Waals surface area contributed by atoms with Gasteiger partial charge in [0.05, 0.1) is 17.1 Å². The van der Waals surface area contributed by atoms with Gasteiger partial charge < -0.3 is 0 Å². The Morgan fingerprint density at radius 3 is 2.92 bits per heavy atom. The lowest BCUT2D eigenvalue weighted by Gasteiger charge is -1.93. The molecular formula is C10H7FN2. The van der Waals surface area contributed by atoms with E-state index in [-0.39, 0.29) is 0 Å². The van der Waals surface area contributed by atoms with Crippen molar-refractivity contribution in [3.8, 4) is 6.07 Å². The van der Waals surface area contributed by atoms with Crippen LogP contribution < -0.4 is 0 Å². The average Bonchev–Trinajstić information content (AvgIpc) is 2.43. The number of fused-ring (bicyclic) bond motifs is 1. The van der Waals surface area contributed by atoms with Crippen LogP contribution in [-0.4, -0.2) is 4.79 Å². The molecule has 2 aromatic rings. The number of nitrogens with zero attached hydrogens (tertiary/aromatic N) is 2. The van der Waals surface area contributed by atoms with E-state index in [2.05, 4.69) is 0 Å². The fourth-order valence-corrected chi connectivity index (χ4v) is 1.43. The molecule has 13 heavy (non-hydrogen) atoms. The van der Waals surface area contributed by atoms with Crippen molar-refractivity contribution in [1.29, 1.82) is 5.26 Å². The highest BCUT2D eigenvalue weighted by atomic mass is 19.2. The third kappa shape index (κ3) is 0.994. The first-order chi connectivity index (χ1) is 6.24. The van der Waals surface area contributed by atoms with Gasteiger partial charge in [-0.2, -0.15) is 10.1 Å². The van der Waals surface area contributed by atoms with Crippen molar-refractivity contribution in [2.45, 2.75) is 6.92 Å². The summed E-state index contributed by atoms with van der Waals surface area (Å²) in [6.45, 7) is 1.67. The summed E-state index contributed by atoms with van der Waals surface area (Å²) >= 11 is 0. The van der Waals surface area contributed by atoms with E-state index < -0.39 is 0 Å². The van der Waals surface area contributed by atoms with Gasteiger partial charge in [0.2, 0.25) is 0 Å². The molecule has 0 bridgehead atoms. The number of benzene rings is 1. The number of halogens is 1. The Morgan fingerprint density at radius 1 is 1.46 bits per heavy atom. The molecule has 0 N–H and O–H groups in total. The van der Waals surface area contributed by atoms with Crippen LogP contribution in [0.3, 0.4) is 0 Å². The predicted molar refractivity (Wildman–Crippen MR) is 47.9 cm³/mol. The van der Waals surface area contributed by atoms with Crippen LogP contribution in [0.1, 0.15) is 11.3 Å². The minimum Gasteiger partial charge on any atom is -0.192 e. The van der Waals surface area contributed by atoms with Crippen molar-refractivity contribution < 1.29 is 4.48 Å². The Hall–Kier alpha value is -1.82. The Labute approximate surface area is 74.8 Å². The van der Waals surface area contributed by atoms with Gasteiger partial charge in [0, 0.05) is 11.1 Å². The van der Waals surface area contributed by atoms with Gasteiger partial charge >= 0.3 is 0 Å². The van der Waals surface area contributed by atoms with Crippen LogP contribution in [0.15, 0.2) is 24.3 Å². The molecule has 0 saturated heterocycles. The highest BCUT2D eigenvalue weighted by Crippen LogP contribution is 2.22. The number of hydrogen-bond donors (Lipinski definition) is 0. The molecule has 0 aliphatic heterocycles. The predicted octanol–water partition coefficient (Wildman–Crippen LogP) is 2.55. The normalized spacial score (nSPS) is 10.2. The Balaban J connectivity index is 2.95. The molecule has 0 amide bonds. The summed E-state index contributed by atoms with van der Waals surface area (Å²) in [6, 6.07) is 8.72. The largest absolute Gasteiger partial charge is 0.192 e. The van der Waals surface area contributed by atoms with Gasteiger partial charge in [0.1, 0.15) is 0 Å². The molecule has 0 saturated carbocycles. The third-order valence-corrected chi connectivity index (χ3v) is 2.08. The fourth-order valence-electron chi connectivity index (χ4n) is 1.43. The molecule has 3 heteroatoms. The molecule has 0 atom stereocenters. The summed E-state index contributed by atoms with van der Waals surface area (Å²) < 4.78 is 13.3. The van der Waals surface area contributed by atoms with E-state index in [4.69, 9.17) is 5.26 Å². The van der Waals surface area contributed by atoms with Crippen molar-refractivity contribution in [1.82, 2.24) is 4.79 Å². The van der Waals surface area contributed by atoms with Gasteiger partial charge in [-0.25, -0.2) is 0 Å². The minimum absolute atomic E-state index is 0.455. The summed E-state index contributed by atoms with van der Waals surface area (Å²) in [5, 5.41) is 9.43. The van der Waals surface area contributed by atoms with Crippen molar-refractivity contribution in [3.05, 3.63) is 35.5 Å². The van der Waals surface area contributed by atoms with Crippen LogP contribution in [0, 0.1) is 18.3 Å². The topological polar surface area (TPSA) is 28.7 Å². The number of rotatable bonds is 0. The molecule has 2 rings (SSSR count). The van der Waals surface area contributed by atoms with Crippen LogP contribution in [0.25, 0.3) is 10.9 Å². The number of nitriles is 1. The summed E-state index contributed by atoms with van der Waals surface area (Å²) in [6.07, 6.45) is 0. The molecule has 64 valence electrons. The Bertz CT molecular complexity index is 505. The molecule has 1 heterocycles. The molecule has 0 radical (unpaired) electrons. The second kappa shape index (κ2) is 2.60. The number of aryl methyl sites for hydroxylation is 1. The van der Waals surface area contributed by atoms with Crippen LogP contribution in [0.5, 0.6) is 0 Å². The zero-order chi connectivity index (χ0) is 9.42. The second-order valence-electron chi connectivity index (χ2n) is 2.92. The first-order valence-corrected chi connectivity index (χ1v) is 3.91. The molecule has 1 aromatic heterocycles. The minimum atomic E-state index is 0.455. The van der Waals surface area contributed by atoms with E-state index in [1.807, 2.05) is 6.07 Å². The average molecular weight is 174 g/mol. The highest BCUT2D eigenvalue weighted by molar-refractivity contribution is 5.86. The lowest BCUT2D eigenvalue weighted by atomic mass is 10.1. The first kappa shape index (κ1) is 7.81. The Morgan fingerprint density at radius 2 is 2.23 bits per heavy atom. The van der Waals surface area contributed by atoms with E-state index in [0.717, 1.165) is 0 Å². The van der Waals surface area contributed by atoms with E-state index in [1.54, 1.807) is 31.2 Å². The standard InChI is InChI=1S/C10H7FN2/c1-7-5-9-8(6-12)3-2-4-10(9)13(7)11/h2-5H,1H3. The van der Waals surface area contributed by atoms with Crippen LogP contribution in [0.2, 0.25) is 0 Å². The second-order valence-corrected chi connectivity index (χ2v) is 2.92. The third-order valence-electron chi connectivity index (χ3n) is 2.08. The zero-order valence-electron chi connectivity index (χ0n) is 7.08. The van der Waals surface area contributed by atoms with Gasteiger partial charge in [0.25, 0.3) is 0 Å². The van der Waals surface area contributed by atoms with Gasteiger partial charge in [-0.15, -0.1) is 0 Å². The molecule has 0 aliphatic rings. The van der Waals surface area contributed by atoms with E-state index in [1.165, 1.54) is 0 Å². The maximum atomic E-state index is 13.3. The highest BCUT2D eigenvalue weighted by Gasteiger charge is 2.07. The SMILES string of the molecule is Cc1cc2c(C#N)cccc2n1F. The van der Waals surface area contributed by atoms with Gasteiger partial charge in [-0.3, -0.25) is 0 Å². The van der Waals surface area contributed by atoms with E-state index in [0.29, 0.717) is 26.9 Å². The molecular weight excluding hydrogens is 167 g/mol. The Kier molecular flexibility index (Phi) is 1.56. The quantitative estimate of drug-likeness (QED) is 0.603. The lowest BCUT2D eigenvalue weighted by Crippen LogP contribution is -1.83. The molecule has 0 spiro atoms. The fraction of sp³-hybridized carbons (Fsp3) is 0.100. The zero-order valence-corrected chi connectivity index (χ0v) is 7.08. The molecule has 1 aromatic carbocycles. The summed E-state index contributed by atoms with van der Waals surface area (Å²) in [4.78, 5) is 0.593. The summed E-state index contributed by atoms with van der Waals surface area (Å²) in [5.41, 5.74) is 1.48. The van der Waals surface area contributed by atoms with Crippen LogP contribution in [0.4, 0.5) is 4.48 Å². The van der Waals surface area contributed by atoms with Crippen LogP contribution >= 0.6 is 0 Å². The van der Waals surface area contributed by atoms with E-state index in [9.17, 15) is 4.48 Å². The first-order valence-electron chi connectivity index (χ1n) is 3.91. The maximum Gasteiger partial charge on any atom is 0.0998 e. The smallest absolute Gasteiger partial charge is 0.0998 e. The van der Waals surface area contributed by atoms with E-state index >= 15 is 0 Å². The van der Waals surface area contributed by atoms with Crippen LogP contribution in [-0.2, 0) is 0 Å². The van der Waals surface area contributed by atoms with Gasteiger partial charge in [-0.1, -0.05) is 10.5 Å². The van der Waals surface area contributed by atoms with Crippen molar-refractivity contribution >= 4 is 10.9 Å². The van der Waals surface area contributed by atoms with Crippen molar-refractivity contribution in [2.24, 2.45) is 0 Å². The lowest BCUT2D eigenvalue weighted by molar-refractivity contribution is 0.377. The maximum absolute atomic E-state index is 13.3. The van der Waals surface area contributed by atoms with Crippen molar-refractivity contribution in [3.63, 3.8) is 0 Å². The summed E-state index contributed by atoms with van der Waals surface area (Å²) in [7, 11) is 0. The van der Waals surface area contributed by atoms with Crippen molar-refractivity contribution in [2.75, 3.05) is 0 Å². The molecule has 0 aliphatic carbocycles. The molecule has 0 unspecified atom stereocenters.